The van der Waals surface area contributed by atoms with Crippen LogP contribution in [0.4, 0.5) is 0 Å². The van der Waals surface area contributed by atoms with Crippen molar-refractivity contribution in [1.82, 2.24) is 9.97 Å². The number of aromatic nitrogens is 2. The van der Waals surface area contributed by atoms with Crippen molar-refractivity contribution in [3.05, 3.63) is 109 Å². The lowest BCUT2D eigenvalue weighted by Gasteiger charge is -2.03. The number of pyridine rings is 2. The number of benzene rings is 4. The lowest BCUT2D eigenvalue weighted by Crippen LogP contribution is -1.83. The Hall–Kier alpha value is -4.58. The molecule has 4 aromatic carbocycles. The van der Waals surface area contributed by atoms with Crippen LogP contribution in [0, 0.1) is 0 Å². The Morgan fingerprint density at radius 3 is 1.41 bits per heavy atom. The molecule has 0 amide bonds. The molecule has 0 aliphatic carbocycles. The molecule has 9 rings (SSSR count). The summed E-state index contributed by atoms with van der Waals surface area (Å²) in [5, 5.41) is 7.08. The third kappa shape index (κ3) is 3.08. The summed E-state index contributed by atoms with van der Waals surface area (Å²) in [6.07, 6.45) is 4.00. The minimum atomic E-state index is 0.857. The smallest absolute Gasteiger partial charge is 0.144 e. The van der Waals surface area contributed by atoms with Gasteiger partial charge >= 0.3 is 0 Å². The molecule has 0 saturated carbocycles. The van der Waals surface area contributed by atoms with Gasteiger partial charge in [0.05, 0.1) is 11.4 Å². The molecule has 5 aromatic heterocycles. The minimum Gasteiger partial charge on any atom is -0.455 e. The van der Waals surface area contributed by atoms with E-state index in [9.17, 15) is 0 Å². The normalized spacial score (nSPS) is 12.1. The highest BCUT2D eigenvalue weighted by atomic mass is 32.1. The third-order valence-corrected chi connectivity index (χ3v) is 9.87. The van der Waals surface area contributed by atoms with E-state index in [1.165, 1.54) is 40.3 Å². The van der Waals surface area contributed by atoms with E-state index in [0.29, 0.717) is 0 Å². The average molecular weight is 535 g/mol. The number of hydrogen-bond acceptors (Lipinski definition) is 5. The first kappa shape index (κ1) is 21.4. The fraction of sp³-hybridized carbons (Fsp3) is 0. The van der Waals surface area contributed by atoms with Gasteiger partial charge < -0.3 is 4.42 Å². The molecule has 0 aliphatic heterocycles. The van der Waals surface area contributed by atoms with Crippen LogP contribution in [-0.4, -0.2) is 9.97 Å². The lowest BCUT2D eigenvalue weighted by molar-refractivity contribution is 0.670. The fourth-order valence-corrected chi connectivity index (χ4v) is 7.99. The molecule has 0 N–H and O–H groups in total. The van der Waals surface area contributed by atoms with E-state index in [-0.39, 0.29) is 0 Å². The lowest BCUT2D eigenvalue weighted by atomic mass is 10.0. The monoisotopic (exact) mass is 534 g/mol. The van der Waals surface area contributed by atoms with Gasteiger partial charge in [-0.15, -0.1) is 22.7 Å². The van der Waals surface area contributed by atoms with E-state index >= 15 is 0 Å². The highest BCUT2D eigenvalue weighted by Crippen LogP contribution is 2.42. The first-order valence-electron chi connectivity index (χ1n) is 12.8. The molecule has 0 bridgehead atoms. The molecular formula is C34H18N2OS2. The van der Waals surface area contributed by atoms with Crippen LogP contribution in [0.3, 0.4) is 0 Å². The van der Waals surface area contributed by atoms with Gasteiger partial charge in [-0.25, -0.2) is 0 Å². The number of para-hydroxylation sites is 2. The summed E-state index contributed by atoms with van der Waals surface area (Å²) in [7, 11) is 0. The first-order valence-corrected chi connectivity index (χ1v) is 14.4. The Kier molecular flexibility index (Phi) is 4.36. The van der Waals surface area contributed by atoms with Crippen LogP contribution in [0.5, 0.6) is 0 Å². The summed E-state index contributed by atoms with van der Waals surface area (Å²) in [5.74, 6) is 0. The van der Waals surface area contributed by atoms with Crippen LogP contribution >= 0.6 is 22.7 Å². The Balaban J connectivity index is 1.25. The van der Waals surface area contributed by atoms with Crippen molar-refractivity contribution in [2.75, 3.05) is 0 Å². The zero-order chi connectivity index (χ0) is 25.5. The van der Waals surface area contributed by atoms with Crippen LogP contribution in [0.1, 0.15) is 0 Å². The van der Waals surface area contributed by atoms with Crippen molar-refractivity contribution in [2.45, 2.75) is 0 Å². The SMILES string of the molecule is c1ccc2c(c1)sc1cc(-c3cccc4c3oc3c(-c5cc6sc7ccccc7c6cn5)cccc34)ncc12. The van der Waals surface area contributed by atoms with Gasteiger partial charge in [-0.3, -0.25) is 9.97 Å². The molecule has 0 radical (unpaired) electrons. The summed E-state index contributed by atoms with van der Waals surface area (Å²) in [6.45, 7) is 0. The zero-order valence-electron chi connectivity index (χ0n) is 20.5. The Bertz CT molecular complexity index is 2240. The van der Waals surface area contributed by atoms with E-state index in [0.717, 1.165) is 44.5 Å². The summed E-state index contributed by atoms with van der Waals surface area (Å²) >= 11 is 3.61. The number of rotatable bonds is 2. The number of hydrogen-bond donors (Lipinski definition) is 0. The number of fused-ring (bicyclic) bond motifs is 9. The third-order valence-electron chi connectivity index (χ3n) is 7.60. The van der Waals surface area contributed by atoms with Crippen molar-refractivity contribution in [3.63, 3.8) is 0 Å². The molecule has 39 heavy (non-hydrogen) atoms. The number of thiophene rings is 2. The molecule has 182 valence electrons. The van der Waals surface area contributed by atoms with Crippen LogP contribution in [0.15, 0.2) is 114 Å². The second kappa shape index (κ2) is 7.96. The van der Waals surface area contributed by atoms with Crippen LogP contribution in [-0.2, 0) is 0 Å². The molecule has 3 nitrogen and oxygen atoms in total. The standard InChI is InChI=1S/C34H18N2OS2/c1-3-13-29-19(7-1)25-17-35-27(15-31(25)38-29)23-11-5-9-21-22-10-6-12-24(34(22)37-33(21)23)28-16-32-26(18-36-28)20-8-2-4-14-30(20)39-32/h1-18H. The second-order valence-electron chi connectivity index (χ2n) is 9.79. The fourth-order valence-electron chi connectivity index (χ4n) is 5.76. The summed E-state index contributed by atoms with van der Waals surface area (Å²) in [6, 6.07) is 34.1. The van der Waals surface area contributed by atoms with Crippen LogP contribution in [0.25, 0.3) is 84.8 Å². The second-order valence-corrected chi connectivity index (χ2v) is 12.0. The van der Waals surface area contributed by atoms with Gasteiger partial charge in [0.2, 0.25) is 0 Å². The maximum Gasteiger partial charge on any atom is 0.144 e. The highest BCUT2D eigenvalue weighted by molar-refractivity contribution is 7.26. The predicted molar refractivity (Wildman–Crippen MR) is 166 cm³/mol. The van der Waals surface area contributed by atoms with E-state index < -0.39 is 0 Å². The Morgan fingerprint density at radius 1 is 0.436 bits per heavy atom. The van der Waals surface area contributed by atoms with Gasteiger partial charge in [0.25, 0.3) is 0 Å². The van der Waals surface area contributed by atoms with Crippen molar-refractivity contribution in [2.24, 2.45) is 0 Å². The van der Waals surface area contributed by atoms with Crippen molar-refractivity contribution in [1.29, 1.82) is 0 Å². The largest absolute Gasteiger partial charge is 0.455 e. The first-order chi connectivity index (χ1) is 19.3. The van der Waals surface area contributed by atoms with Gasteiger partial charge in [-0.2, -0.15) is 0 Å². The molecule has 5 heterocycles. The number of furan rings is 1. The van der Waals surface area contributed by atoms with E-state index in [2.05, 4.69) is 97.1 Å². The summed E-state index contributed by atoms with van der Waals surface area (Å²) in [5.41, 5.74) is 5.56. The van der Waals surface area contributed by atoms with Crippen molar-refractivity contribution in [3.8, 4) is 22.5 Å². The molecule has 5 heteroatoms. The van der Waals surface area contributed by atoms with Gasteiger partial charge in [0.1, 0.15) is 11.2 Å². The Labute approximate surface area is 230 Å². The average Bonchev–Trinajstić information content (AvgIpc) is 3.67. The summed E-state index contributed by atoms with van der Waals surface area (Å²) in [4.78, 5) is 9.78. The van der Waals surface area contributed by atoms with Crippen LogP contribution in [0.2, 0.25) is 0 Å². The Morgan fingerprint density at radius 2 is 0.897 bits per heavy atom. The maximum atomic E-state index is 6.69. The maximum absolute atomic E-state index is 6.69. The van der Waals surface area contributed by atoms with E-state index in [4.69, 9.17) is 14.4 Å². The molecule has 0 fully saturated rings. The van der Waals surface area contributed by atoms with Crippen molar-refractivity contribution >= 4 is 85.0 Å². The molecule has 0 aliphatic rings. The van der Waals surface area contributed by atoms with E-state index in [1.54, 1.807) is 22.7 Å². The van der Waals surface area contributed by atoms with Crippen LogP contribution < -0.4 is 0 Å². The molecule has 9 aromatic rings. The molecule has 0 saturated heterocycles. The molecule has 0 atom stereocenters. The highest BCUT2D eigenvalue weighted by Gasteiger charge is 2.18. The topological polar surface area (TPSA) is 38.9 Å². The van der Waals surface area contributed by atoms with Gasteiger partial charge in [-0.1, -0.05) is 60.7 Å². The van der Waals surface area contributed by atoms with Crippen molar-refractivity contribution < 1.29 is 4.42 Å². The minimum absolute atomic E-state index is 0.857. The van der Waals surface area contributed by atoms with Gasteiger partial charge in [-0.05, 0) is 36.4 Å². The zero-order valence-corrected chi connectivity index (χ0v) is 22.1. The molecule has 0 spiro atoms. The van der Waals surface area contributed by atoms with Gasteiger partial charge in [0, 0.05) is 74.6 Å². The summed E-state index contributed by atoms with van der Waals surface area (Å²) < 4.78 is 11.7. The molecule has 0 unspecified atom stereocenters. The molecular weight excluding hydrogens is 517 g/mol. The quantitative estimate of drug-likeness (QED) is 0.221. The van der Waals surface area contributed by atoms with E-state index in [1.807, 2.05) is 12.4 Å². The van der Waals surface area contributed by atoms with Gasteiger partial charge in [0.15, 0.2) is 0 Å². The predicted octanol–water partition coefficient (Wildman–Crippen LogP) is 10.4. The number of nitrogens with zero attached hydrogens (tertiary/aromatic N) is 2.